The Balaban J connectivity index is 2.03. The molecule has 0 spiro atoms. The molecule has 2 rings (SSSR count). The number of nitrogens with zero attached hydrogens (tertiary/aromatic N) is 1. The van der Waals surface area contributed by atoms with Gasteiger partial charge >= 0.3 is 5.97 Å². The molecule has 8 heteroatoms. The van der Waals surface area contributed by atoms with E-state index in [1.165, 1.54) is 32.5 Å². The molecule has 0 fully saturated rings. The molecule has 1 aromatic heterocycles. The van der Waals surface area contributed by atoms with Gasteiger partial charge in [0.1, 0.15) is 4.88 Å². The summed E-state index contributed by atoms with van der Waals surface area (Å²) in [6, 6.07) is 4.97. The highest BCUT2D eigenvalue weighted by Crippen LogP contribution is 2.29. The van der Waals surface area contributed by atoms with Gasteiger partial charge in [-0.25, -0.2) is 9.78 Å². The molecule has 1 N–H and O–H groups in total. The van der Waals surface area contributed by atoms with Crippen molar-refractivity contribution < 1.29 is 23.8 Å². The Bertz CT molecular complexity index is 787. The molecule has 1 atom stereocenters. The maximum absolute atomic E-state index is 12.3. The third-order valence-electron chi connectivity index (χ3n) is 3.39. The van der Waals surface area contributed by atoms with E-state index in [-0.39, 0.29) is 0 Å². The lowest BCUT2D eigenvalue weighted by Gasteiger charge is -2.14. The Morgan fingerprint density at radius 2 is 1.84 bits per heavy atom. The second kappa shape index (κ2) is 7.98. The number of aryl methyl sites for hydroxylation is 2. The molecule has 0 saturated heterocycles. The number of thiazole rings is 1. The van der Waals surface area contributed by atoms with Gasteiger partial charge in [-0.3, -0.25) is 4.79 Å². The number of amides is 1. The monoisotopic (exact) mass is 364 g/mol. The number of benzene rings is 1. The van der Waals surface area contributed by atoms with Crippen LogP contribution in [0.25, 0.3) is 0 Å². The first-order valence-corrected chi connectivity index (χ1v) is 8.35. The first kappa shape index (κ1) is 18.7. The number of aromatic nitrogens is 1. The summed E-state index contributed by atoms with van der Waals surface area (Å²) in [4.78, 5) is 29.0. The summed E-state index contributed by atoms with van der Waals surface area (Å²) in [6.07, 6.45) is -0.956. The molecular weight excluding hydrogens is 344 g/mol. The predicted octanol–water partition coefficient (Wildman–Crippen LogP) is 2.96. The molecule has 1 amide bonds. The SMILES string of the molecule is COc1ccc(NC(=O)[C@H](C)OC(=O)c2sc(C)nc2C)cc1OC. The van der Waals surface area contributed by atoms with Crippen molar-refractivity contribution in [3.05, 3.63) is 33.8 Å². The van der Waals surface area contributed by atoms with E-state index in [1.807, 2.05) is 6.92 Å². The lowest BCUT2D eigenvalue weighted by atomic mass is 10.2. The van der Waals surface area contributed by atoms with Gasteiger partial charge in [0.05, 0.1) is 24.9 Å². The Hall–Kier alpha value is -2.61. The molecule has 25 heavy (non-hydrogen) atoms. The van der Waals surface area contributed by atoms with Gasteiger partial charge in [-0.15, -0.1) is 11.3 Å². The van der Waals surface area contributed by atoms with Gasteiger partial charge in [-0.2, -0.15) is 0 Å². The number of anilines is 1. The van der Waals surface area contributed by atoms with Crippen molar-refractivity contribution in [2.45, 2.75) is 26.9 Å². The number of ether oxygens (including phenoxy) is 3. The number of carbonyl (C=O) groups excluding carboxylic acids is 2. The Labute approximate surface area is 149 Å². The maximum atomic E-state index is 12.3. The molecule has 1 heterocycles. The lowest BCUT2D eigenvalue weighted by Crippen LogP contribution is -2.30. The van der Waals surface area contributed by atoms with Crippen LogP contribution < -0.4 is 14.8 Å². The van der Waals surface area contributed by atoms with E-state index in [2.05, 4.69) is 10.3 Å². The van der Waals surface area contributed by atoms with Crippen LogP contribution in [0.4, 0.5) is 5.69 Å². The summed E-state index contributed by atoms with van der Waals surface area (Å²) in [5.41, 5.74) is 1.11. The molecule has 0 unspecified atom stereocenters. The van der Waals surface area contributed by atoms with Gasteiger partial charge in [-0.05, 0) is 32.9 Å². The summed E-state index contributed by atoms with van der Waals surface area (Å²) < 4.78 is 15.6. The first-order chi connectivity index (χ1) is 11.8. The van der Waals surface area contributed by atoms with Crippen molar-refractivity contribution in [3.63, 3.8) is 0 Å². The predicted molar refractivity (Wildman–Crippen MR) is 94.6 cm³/mol. The number of hydrogen-bond acceptors (Lipinski definition) is 7. The van der Waals surface area contributed by atoms with Crippen LogP contribution in [0.5, 0.6) is 11.5 Å². The van der Waals surface area contributed by atoms with Crippen LogP contribution in [0.2, 0.25) is 0 Å². The van der Waals surface area contributed by atoms with Crippen molar-refractivity contribution in [2.75, 3.05) is 19.5 Å². The van der Waals surface area contributed by atoms with E-state index >= 15 is 0 Å². The molecule has 1 aromatic carbocycles. The van der Waals surface area contributed by atoms with E-state index in [0.29, 0.717) is 27.8 Å². The topological polar surface area (TPSA) is 86.8 Å². The second-order valence-electron chi connectivity index (χ2n) is 5.25. The van der Waals surface area contributed by atoms with Gasteiger partial charge in [-0.1, -0.05) is 0 Å². The quantitative estimate of drug-likeness (QED) is 0.793. The number of nitrogens with one attached hydrogen (secondary N) is 1. The van der Waals surface area contributed by atoms with E-state index in [9.17, 15) is 9.59 Å². The van der Waals surface area contributed by atoms with Gasteiger partial charge < -0.3 is 19.5 Å². The third-order valence-corrected chi connectivity index (χ3v) is 4.45. The average molecular weight is 364 g/mol. The van der Waals surface area contributed by atoms with Crippen molar-refractivity contribution in [1.29, 1.82) is 0 Å². The Kier molecular flexibility index (Phi) is 5.97. The molecule has 0 saturated carbocycles. The van der Waals surface area contributed by atoms with Crippen molar-refractivity contribution >= 4 is 28.9 Å². The zero-order valence-electron chi connectivity index (χ0n) is 14.7. The fraction of sp³-hybridized carbons (Fsp3) is 0.353. The second-order valence-corrected chi connectivity index (χ2v) is 6.46. The van der Waals surface area contributed by atoms with E-state index in [1.54, 1.807) is 25.1 Å². The minimum atomic E-state index is -0.956. The normalized spacial score (nSPS) is 11.6. The number of methoxy groups -OCH3 is 2. The van der Waals surface area contributed by atoms with Gasteiger partial charge in [0.25, 0.3) is 5.91 Å². The van der Waals surface area contributed by atoms with Crippen molar-refractivity contribution in [3.8, 4) is 11.5 Å². The van der Waals surface area contributed by atoms with Gasteiger partial charge in [0.2, 0.25) is 0 Å². The molecule has 0 aliphatic carbocycles. The Morgan fingerprint density at radius 3 is 2.40 bits per heavy atom. The summed E-state index contributed by atoms with van der Waals surface area (Å²) in [5, 5.41) is 3.45. The molecule has 0 radical (unpaired) electrons. The standard InChI is InChI=1S/C17H20N2O5S/c1-9-15(25-11(3)18-9)17(21)24-10(2)16(20)19-12-6-7-13(22-4)14(8-12)23-5/h6-8,10H,1-5H3,(H,19,20)/t10-/m0/s1. The highest BCUT2D eigenvalue weighted by molar-refractivity contribution is 7.13. The number of hydrogen-bond donors (Lipinski definition) is 1. The summed E-state index contributed by atoms with van der Waals surface area (Å²) in [7, 11) is 3.04. The maximum Gasteiger partial charge on any atom is 0.351 e. The van der Waals surface area contributed by atoms with Crippen LogP contribution >= 0.6 is 11.3 Å². The van der Waals surface area contributed by atoms with Crippen LogP contribution in [-0.2, 0) is 9.53 Å². The highest BCUT2D eigenvalue weighted by atomic mass is 32.1. The smallest absolute Gasteiger partial charge is 0.351 e. The van der Waals surface area contributed by atoms with Crippen molar-refractivity contribution in [1.82, 2.24) is 4.98 Å². The minimum absolute atomic E-state index is 0.406. The largest absolute Gasteiger partial charge is 0.493 e. The molecule has 2 aromatic rings. The van der Waals surface area contributed by atoms with Crippen LogP contribution in [0.1, 0.15) is 27.3 Å². The molecule has 134 valence electrons. The molecular formula is C17H20N2O5S. The van der Waals surface area contributed by atoms with E-state index in [4.69, 9.17) is 14.2 Å². The fourth-order valence-electron chi connectivity index (χ4n) is 2.15. The summed E-state index contributed by atoms with van der Waals surface area (Å²) >= 11 is 1.24. The molecule has 7 nitrogen and oxygen atoms in total. The number of esters is 1. The first-order valence-electron chi connectivity index (χ1n) is 7.53. The van der Waals surface area contributed by atoms with Crippen LogP contribution in [0.3, 0.4) is 0 Å². The van der Waals surface area contributed by atoms with E-state index < -0.39 is 18.0 Å². The third kappa shape index (κ3) is 4.48. The molecule has 0 aliphatic rings. The molecule has 0 aliphatic heterocycles. The Morgan fingerprint density at radius 1 is 1.16 bits per heavy atom. The summed E-state index contributed by atoms with van der Waals surface area (Å²) in [5.74, 6) is 0.0363. The number of rotatable bonds is 6. The van der Waals surface area contributed by atoms with Gasteiger partial charge in [0, 0.05) is 11.8 Å². The summed E-state index contributed by atoms with van der Waals surface area (Å²) in [6.45, 7) is 5.05. The highest BCUT2D eigenvalue weighted by Gasteiger charge is 2.22. The van der Waals surface area contributed by atoms with Crippen LogP contribution in [0.15, 0.2) is 18.2 Å². The fourth-order valence-corrected chi connectivity index (χ4v) is 2.95. The zero-order valence-corrected chi connectivity index (χ0v) is 15.5. The molecule has 0 bridgehead atoms. The van der Waals surface area contributed by atoms with Crippen LogP contribution in [-0.4, -0.2) is 37.2 Å². The van der Waals surface area contributed by atoms with E-state index in [0.717, 1.165) is 5.01 Å². The minimum Gasteiger partial charge on any atom is -0.493 e. The van der Waals surface area contributed by atoms with Crippen molar-refractivity contribution in [2.24, 2.45) is 0 Å². The van der Waals surface area contributed by atoms with Crippen LogP contribution in [0, 0.1) is 13.8 Å². The average Bonchev–Trinajstić information content (AvgIpc) is 2.93. The number of carbonyl (C=O) groups is 2. The zero-order chi connectivity index (χ0) is 18.6. The van der Waals surface area contributed by atoms with Gasteiger partial charge in [0.15, 0.2) is 17.6 Å². The lowest BCUT2D eigenvalue weighted by molar-refractivity contribution is -0.123.